The molecule has 23 heavy (non-hydrogen) atoms. The number of nitrogens with zero attached hydrogens (tertiary/aromatic N) is 2. The maximum absolute atomic E-state index is 6.09. The molecular weight excluding hydrogens is 288 g/mol. The van der Waals surface area contributed by atoms with Crippen LogP contribution in [0.2, 0.25) is 0 Å². The molecule has 1 aliphatic heterocycles. The van der Waals surface area contributed by atoms with Gasteiger partial charge in [0.15, 0.2) is 0 Å². The highest BCUT2D eigenvalue weighted by Crippen LogP contribution is 2.39. The Morgan fingerprint density at radius 3 is 2.43 bits per heavy atom. The Labute approximate surface area is 135 Å². The predicted octanol–water partition coefficient (Wildman–Crippen LogP) is 3.45. The molecule has 0 atom stereocenters. The summed E-state index contributed by atoms with van der Waals surface area (Å²) in [5, 5.41) is 0. The summed E-state index contributed by atoms with van der Waals surface area (Å²) < 4.78 is 14.2. The number of aromatic nitrogens is 2. The molecule has 2 heterocycles. The highest BCUT2D eigenvalue weighted by atomic mass is 16.7. The van der Waals surface area contributed by atoms with Gasteiger partial charge in [-0.25, -0.2) is 4.98 Å². The molecule has 4 rings (SSSR count). The van der Waals surface area contributed by atoms with E-state index in [-0.39, 0.29) is 0 Å². The molecule has 0 unspecified atom stereocenters. The molecule has 4 nitrogen and oxygen atoms in total. The van der Waals surface area contributed by atoms with E-state index in [9.17, 15) is 0 Å². The second-order valence-electron chi connectivity index (χ2n) is 5.60. The molecular formula is C19H18N2O2. The number of hydrogen-bond acceptors (Lipinski definition) is 3. The maximum Gasteiger partial charge on any atom is 0.214 e. The monoisotopic (exact) mass is 306 g/mol. The van der Waals surface area contributed by atoms with Crippen LogP contribution in [0.15, 0.2) is 73.3 Å². The van der Waals surface area contributed by atoms with Gasteiger partial charge in [-0.15, -0.1) is 0 Å². The van der Waals surface area contributed by atoms with Crippen molar-refractivity contribution in [3.8, 4) is 11.1 Å². The Balaban J connectivity index is 1.81. The van der Waals surface area contributed by atoms with Gasteiger partial charge in [-0.05, 0) is 11.1 Å². The van der Waals surface area contributed by atoms with Crippen LogP contribution in [-0.4, -0.2) is 22.8 Å². The fourth-order valence-corrected chi connectivity index (χ4v) is 3.09. The first-order valence-corrected chi connectivity index (χ1v) is 7.76. The summed E-state index contributed by atoms with van der Waals surface area (Å²) in [4.78, 5) is 4.12. The highest BCUT2D eigenvalue weighted by Gasteiger charge is 2.40. The van der Waals surface area contributed by atoms with E-state index in [1.807, 2.05) is 41.1 Å². The molecule has 4 heteroatoms. The molecule has 0 N–H and O–H groups in total. The molecule has 0 aliphatic carbocycles. The van der Waals surface area contributed by atoms with Crippen molar-refractivity contribution in [3.63, 3.8) is 0 Å². The first kappa shape index (κ1) is 14.2. The Morgan fingerprint density at radius 1 is 0.957 bits per heavy atom. The van der Waals surface area contributed by atoms with Crippen molar-refractivity contribution in [2.45, 2.75) is 12.3 Å². The first-order chi connectivity index (χ1) is 11.4. The Kier molecular flexibility index (Phi) is 3.69. The lowest BCUT2D eigenvalue weighted by atomic mass is 9.94. The summed E-state index contributed by atoms with van der Waals surface area (Å²) >= 11 is 0. The third-order valence-corrected chi connectivity index (χ3v) is 4.13. The van der Waals surface area contributed by atoms with Crippen molar-refractivity contribution in [2.24, 2.45) is 0 Å². The molecule has 1 saturated heterocycles. The standard InChI is InChI=1S/C19H18N2O2/c1-2-6-16(7-3-1)17-8-4-5-9-18(17)19(22-12-13-23-19)14-21-11-10-20-15-21/h1-11,15H,12-14H2. The van der Waals surface area contributed by atoms with Crippen LogP contribution in [0, 0.1) is 0 Å². The van der Waals surface area contributed by atoms with Gasteiger partial charge in [-0.3, -0.25) is 0 Å². The molecule has 2 aromatic carbocycles. The van der Waals surface area contributed by atoms with E-state index in [4.69, 9.17) is 9.47 Å². The molecule has 0 radical (unpaired) electrons. The van der Waals surface area contributed by atoms with E-state index in [0.29, 0.717) is 19.8 Å². The molecule has 3 aromatic rings. The minimum Gasteiger partial charge on any atom is -0.342 e. The lowest BCUT2D eigenvalue weighted by Gasteiger charge is -2.30. The van der Waals surface area contributed by atoms with E-state index >= 15 is 0 Å². The number of hydrogen-bond donors (Lipinski definition) is 0. The molecule has 0 saturated carbocycles. The van der Waals surface area contributed by atoms with Gasteiger partial charge in [-0.1, -0.05) is 54.6 Å². The lowest BCUT2D eigenvalue weighted by Crippen LogP contribution is -2.33. The molecule has 0 amide bonds. The SMILES string of the molecule is c1ccc(-c2ccccc2C2(Cn3ccnc3)OCCO2)cc1. The zero-order chi connectivity index (χ0) is 15.5. The fourth-order valence-electron chi connectivity index (χ4n) is 3.09. The summed E-state index contributed by atoms with van der Waals surface area (Å²) in [5.41, 5.74) is 3.35. The molecule has 116 valence electrons. The van der Waals surface area contributed by atoms with Crippen molar-refractivity contribution in [1.29, 1.82) is 0 Å². The Bertz CT molecular complexity index is 763. The summed E-state index contributed by atoms with van der Waals surface area (Å²) in [7, 11) is 0. The van der Waals surface area contributed by atoms with Crippen molar-refractivity contribution in [3.05, 3.63) is 78.9 Å². The largest absolute Gasteiger partial charge is 0.342 e. The second kappa shape index (κ2) is 5.99. The van der Waals surface area contributed by atoms with Crippen LogP contribution in [-0.2, 0) is 21.8 Å². The third-order valence-electron chi connectivity index (χ3n) is 4.13. The predicted molar refractivity (Wildman–Crippen MR) is 87.7 cm³/mol. The smallest absolute Gasteiger partial charge is 0.214 e. The van der Waals surface area contributed by atoms with Crippen molar-refractivity contribution in [2.75, 3.05) is 13.2 Å². The van der Waals surface area contributed by atoms with Gasteiger partial charge in [-0.2, -0.15) is 0 Å². The van der Waals surface area contributed by atoms with Crippen LogP contribution in [0.5, 0.6) is 0 Å². The summed E-state index contributed by atoms with van der Waals surface area (Å²) in [6, 6.07) is 18.6. The molecule has 1 fully saturated rings. The lowest BCUT2D eigenvalue weighted by molar-refractivity contribution is -0.175. The van der Waals surface area contributed by atoms with Gasteiger partial charge in [0.25, 0.3) is 0 Å². The average Bonchev–Trinajstić information content (AvgIpc) is 3.29. The van der Waals surface area contributed by atoms with Gasteiger partial charge >= 0.3 is 0 Å². The highest BCUT2D eigenvalue weighted by molar-refractivity contribution is 5.68. The zero-order valence-corrected chi connectivity index (χ0v) is 12.8. The summed E-state index contributed by atoms with van der Waals surface area (Å²) in [6.45, 7) is 1.77. The number of benzene rings is 2. The number of rotatable bonds is 4. The van der Waals surface area contributed by atoms with E-state index in [0.717, 1.165) is 16.7 Å². The quantitative estimate of drug-likeness (QED) is 0.741. The summed E-state index contributed by atoms with van der Waals surface area (Å²) in [6.07, 6.45) is 5.49. The van der Waals surface area contributed by atoms with Crippen molar-refractivity contribution >= 4 is 0 Å². The Hall–Kier alpha value is -2.43. The van der Waals surface area contributed by atoms with Crippen molar-refractivity contribution < 1.29 is 9.47 Å². The maximum atomic E-state index is 6.09. The van der Waals surface area contributed by atoms with Gasteiger partial charge in [0.1, 0.15) is 0 Å². The fraction of sp³-hybridized carbons (Fsp3) is 0.211. The van der Waals surface area contributed by atoms with Crippen LogP contribution < -0.4 is 0 Å². The van der Waals surface area contributed by atoms with Crippen LogP contribution in [0.25, 0.3) is 11.1 Å². The van der Waals surface area contributed by atoms with E-state index in [1.165, 1.54) is 0 Å². The third kappa shape index (κ3) is 2.67. The topological polar surface area (TPSA) is 36.3 Å². The van der Waals surface area contributed by atoms with E-state index < -0.39 is 5.79 Å². The second-order valence-corrected chi connectivity index (χ2v) is 5.60. The van der Waals surface area contributed by atoms with E-state index in [2.05, 4.69) is 29.2 Å². The Morgan fingerprint density at radius 2 is 1.70 bits per heavy atom. The average molecular weight is 306 g/mol. The minimum atomic E-state index is -0.771. The van der Waals surface area contributed by atoms with Crippen LogP contribution in [0.4, 0.5) is 0 Å². The van der Waals surface area contributed by atoms with Crippen LogP contribution in [0.1, 0.15) is 5.56 Å². The molecule has 0 bridgehead atoms. The van der Waals surface area contributed by atoms with Crippen LogP contribution in [0.3, 0.4) is 0 Å². The molecule has 1 aliphatic rings. The molecule has 1 aromatic heterocycles. The first-order valence-electron chi connectivity index (χ1n) is 7.76. The van der Waals surface area contributed by atoms with E-state index in [1.54, 1.807) is 12.5 Å². The number of imidazole rings is 1. The molecule has 0 spiro atoms. The van der Waals surface area contributed by atoms with Gasteiger partial charge < -0.3 is 14.0 Å². The van der Waals surface area contributed by atoms with Gasteiger partial charge in [0, 0.05) is 18.0 Å². The van der Waals surface area contributed by atoms with Gasteiger partial charge in [0.2, 0.25) is 5.79 Å². The summed E-state index contributed by atoms with van der Waals surface area (Å²) in [5.74, 6) is -0.771. The zero-order valence-electron chi connectivity index (χ0n) is 12.8. The van der Waals surface area contributed by atoms with Crippen molar-refractivity contribution in [1.82, 2.24) is 9.55 Å². The van der Waals surface area contributed by atoms with Gasteiger partial charge in [0.05, 0.1) is 26.1 Å². The number of ether oxygens (including phenoxy) is 2. The minimum absolute atomic E-state index is 0.580. The van der Waals surface area contributed by atoms with Crippen LogP contribution >= 0.6 is 0 Å². The normalized spacial score (nSPS) is 16.5.